The lowest BCUT2D eigenvalue weighted by Crippen LogP contribution is -2.27. The molecule has 0 heterocycles. The maximum Gasteiger partial charge on any atom is 0.264 e. The van der Waals surface area contributed by atoms with Gasteiger partial charge in [0, 0.05) is 12.7 Å². The molecule has 0 saturated carbocycles. The molecule has 0 unspecified atom stereocenters. The van der Waals surface area contributed by atoms with Crippen LogP contribution >= 0.6 is 0 Å². The van der Waals surface area contributed by atoms with Crippen molar-refractivity contribution >= 4 is 21.4 Å². The number of hydrogen-bond donors (Lipinski definition) is 1. The van der Waals surface area contributed by atoms with Crippen molar-refractivity contribution in [3.63, 3.8) is 0 Å². The van der Waals surface area contributed by atoms with E-state index in [1.54, 1.807) is 56.4 Å². The maximum absolute atomic E-state index is 12.5. The first kappa shape index (κ1) is 13.4. The van der Waals surface area contributed by atoms with Crippen LogP contribution in [0.25, 0.3) is 0 Å². The van der Waals surface area contributed by atoms with Gasteiger partial charge in [-0.3, -0.25) is 4.31 Å². The minimum absolute atomic E-state index is 0.271. The number of hydrogen-bond acceptors (Lipinski definition) is 3. The molecule has 2 aromatic carbocycles. The molecule has 0 radical (unpaired) electrons. The van der Waals surface area contributed by atoms with Gasteiger partial charge in [-0.1, -0.05) is 18.2 Å². The summed E-state index contributed by atoms with van der Waals surface area (Å²) in [5.74, 6) is 0. The first-order chi connectivity index (χ1) is 8.93. The molecular weight excluding hydrogens is 260 g/mol. The fourth-order valence-electron chi connectivity index (χ4n) is 1.89. The second-order valence-corrected chi connectivity index (χ2v) is 6.27. The van der Waals surface area contributed by atoms with Crippen molar-refractivity contribution in [1.29, 1.82) is 0 Å². The summed E-state index contributed by atoms with van der Waals surface area (Å²) in [4.78, 5) is 0.271. The summed E-state index contributed by atoms with van der Waals surface area (Å²) >= 11 is 0. The summed E-state index contributed by atoms with van der Waals surface area (Å²) in [5, 5.41) is 0. The molecule has 19 heavy (non-hydrogen) atoms. The van der Waals surface area contributed by atoms with Crippen molar-refractivity contribution in [2.45, 2.75) is 11.8 Å². The Balaban J connectivity index is 2.48. The van der Waals surface area contributed by atoms with Crippen LogP contribution in [-0.2, 0) is 10.0 Å². The predicted octanol–water partition coefficient (Wildman–Crippen LogP) is 2.40. The van der Waals surface area contributed by atoms with Gasteiger partial charge < -0.3 is 5.73 Å². The SMILES string of the molecule is Cc1cc(N)ccc1S(=O)(=O)N(C)c1ccccc1. The molecule has 2 aromatic rings. The number of anilines is 2. The molecule has 0 fully saturated rings. The summed E-state index contributed by atoms with van der Waals surface area (Å²) in [5.41, 5.74) is 7.47. The first-order valence-corrected chi connectivity index (χ1v) is 7.27. The van der Waals surface area contributed by atoms with Gasteiger partial charge in [0.25, 0.3) is 10.0 Å². The normalized spacial score (nSPS) is 11.3. The smallest absolute Gasteiger partial charge is 0.264 e. The first-order valence-electron chi connectivity index (χ1n) is 5.83. The van der Waals surface area contributed by atoms with Crippen molar-refractivity contribution in [1.82, 2.24) is 0 Å². The Labute approximate surface area is 113 Å². The molecule has 4 nitrogen and oxygen atoms in total. The maximum atomic E-state index is 12.5. The van der Waals surface area contributed by atoms with Gasteiger partial charge in [0.1, 0.15) is 0 Å². The highest BCUT2D eigenvalue weighted by molar-refractivity contribution is 7.92. The molecule has 5 heteroatoms. The average Bonchev–Trinajstić information content (AvgIpc) is 2.38. The number of rotatable bonds is 3. The Kier molecular flexibility index (Phi) is 3.48. The van der Waals surface area contributed by atoms with Crippen molar-refractivity contribution in [3.8, 4) is 0 Å². The van der Waals surface area contributed by atoms with E-state index in [1.807, 2.05) is 6.07 Å². The highest BCUT2D eigenvalue weighted by Crippen LogP contribution is 2.25. The van der Waals surface area contributed by atoms with Gasteiger partial charge in [0.15, 0.2) is 0 Å². The molecule has 0 atom stereocenters. The number of sulfonamides is 1. The molecular formula is C14H16N2O2S. The Morgan fingerprint density at radius 1 is 1.05 bits per heavy atom. The van der Waals surface area contributed by atoms with Gasteiger partial charge in [0.2, 0.25) is 0 Å². The van der Waals surface area contributed by atoms with Crippen LogP contribution < -0.4 is 10.0 Å². The third-order valence-electron chi connectivity index (χ3n) is 2.96. The van der Waals surface area contributed by atoms with Crippen LogP contribution in [0.1, 0.15) is 5.56 Å². The summed E-state index contributed by atoms with van der Waals surface area (Å²) < 4.78 is 26.4. The Morgan fingerprint density at radius 3 is 2.26 bits per heavy atom. The van der Waals surface area contributed by atoms with Gasteiger partial charge in [-0.25, -0.2) is 8.42 Å². The molecule has 2 rings (SSSR count). The molecule has 0 amide bonds. The summed E-state index contributed by atoms with van der Waals surface area (Å²) in [6.07, 6.45) is 0. The lowest BCUT2D eigenvalue weighted by atomic mass is 10.2. The quantitative estimate of drug-likeness (QED) is 0.876. The standard InChI is InChI=1S/C14H16N2O2S/c1-11-10-12(15)8-9-14(11)19(17,18)16(2)13-6-4-3-5-7-13/h3-10H,15H2,1-2H3. The van der Waals surface area contributed by atoms with Crippen LogP contribution in [0.4, 0.5) is 11.4 Å². The Morgan fingerprint density at radius 2 is 1.68 bits per heavy atom. The molecule has 0 aliphatic heterocycles. The molecule has 0 aliphatic carbocycles. The second-order valence-electron chi connectivity index (χ2n) is 4.33. The van der Waals surface area contributed by atoms with E-state index in [9.17, 15) is 8.42 Å². The minimum atomic E-state index is -3.56. The third kappa shape index (κ3) is 2.56. The van der Waals surface area contributed by atoms with Gasteiger partial charge in [0.05, 0.1) is 10.6 Å². The van der Waals surface area contributed by atoms with Gasteiger partial charge in [-0.05, 0) is 42.8 Å². The summed E-state index contributed by atoms with van der Waals surface area (Å²) in [7, 11) is -2.02. The highest BCUT2D eigenvalue weighted by Gasteiger charge is 2.22. The van der Waals surface area contributed by atoms with Gasteiger partial charge in [-0.15, -0.1) is 0 Å². The van der Waals surface area contributed by atoms with Crippen LogP contribution in [0.2, 0.25) is 0 Å². The second kappa shape index (κ2) is 4.93. The van der Waals surface area contributed by atoms with Crippen LogP contribution in [0.15, 0.2) is 53.4 Å². The van der Waals surface area contributed by atoms with Crippen molar-refractivity contribution in [2.75, 3.05) is 17.1 Å². The predicted molar refractivity (Wildman–Crippen MR) is 77.6 cm³/mol. The number of nitrogens with zero attached hydrogens (tertiary/aromatic N) is 1. The van der Waals surface area contributed by atoms with Crippen LogP contribution in [0, 0.1) is 6.92 Å². The number of para-hydroxylation sites is 1. The number of nitrogens with two attached hydrogens (primary N) is 1. The largest absolute Gasteiger partial charge is 0.399 e. The molecule has 0 saturated heterocycles. The minimum Gasteiger partial charge on any atom is -0.399 e. The lowest BCUT2D eigenvalue weighted by Gasteiger charge is -2.20. The van der Waals surface area contributed by atoms with Crippen LogP contribution in [0.3, 0.4) is 0 Å². The molecule has 0 aliphatic rings. The Hall–Kier alpha value is -2.01. The fourth-order valence-corrected chi connectivity index (χ4v) is 3.29. The zero-order valence-corrected chi connectivity index (χ0v) is 11.7. The van der Waals surface area contributed by atoms with Crippen LogP contribution in [0.5, 0.6) is 0 Å². The summed E-state index contributed by atoms with van der Waals surface area (Å²) in [6, 6.07) is 13.8. The molecule has 100 valence electrons. The van der Waals surface area contributed by atoms with E-state index in [1.165, 1.54) is 4.31 Å². The van der Waals surface area contributed by atoms with E-state index in [2.05, 4.69) is 0 Å². The molecule has 0 aromatic heterocycles. The van der Waals surface area contributed by atoms with Gasteiger partial charge >= 0.3 is 0 Å². The van der Waals surface area contributed by atoms with Crippen LogP contribution in [-0.4, -0.2) is 15.5 Å². The monoisotopic (exact) mass is 276 g/mol. The number of aryl methyl sites for hydroxylation is 1. The van der Waals surface area contributed by atoms with Crippen molar-refractivity contribution < 1.29 is 8.42 Å². The number of benzene rings is 2. The van der Waals surface area contributed by atoms with Crippen molar-refractivity contribution in [3.05, 3.63) is 54.1 Å². The Bertz CT molecular complexity index is 682. The third-order valence-corrected chi connectivity index (χ3v) is 4.90. The number of nitrogen functional groups attached to an aromatic ring is 1. The average molecular weight is 276 g/mol. The molecule has 2 N–H and O–H groups in total. The van der Waals surface area contributed by atoms with E-state index in [0.29, 0.717) is 16.9 Å². The molecule has 0 spiro atoms. The van der Waals surface area contributed by atoms with E-state index in [4.69, 9.17) is 5.73 Å². The highest BCUT2D eigenvalue weighted by atomic mass is 32.2. The zero-order chi connectivity index (χ0) is 14.0. The summed E-state index contributed by atoms with van der Waals surface area (Å²) in [6.45, 7) is 1.74. The van der Waals surface area contributed by atoms with E-state index in [-0.39, 0.29) is 4.90 Å². The zero-order valence-electron chi connectivity index (χ0n) is 10.9. The lowest BCUT2D eigenvalue weighted by molar-refractivity contribution is 0.594. The fraction of sp³-hybridized carbons (Fsp3) is 0.143. The molecule has 0 bridgehead atoms. The van der Waals surface area contributed by atoms with E-state index < -0.39 is 10.0 Å². The van der Waals surface area contributed by atoms with Gasteiger partial charge in [-0.2, -0.15) is 0 Å². The van der Waals surface area contributed by atoms with E-state index >= 15 is 0 Å². The topological polar surface area (TPSA) is 63.4 Å². The van der Waals surface area contributed by atoms with E-state index in [0.717, 1.165) is 0 Å². The van der Waals surface area contributed by atoms with Crippen molar-refractivity contribution in [2.24, 2.45) is 0 Å².